The van der Waals surface area contributed by atoms with Crippen molar-refractivity contribution in [3.05, 3.63) is 36.4 Å². The second-order valence-electron chi connectivity index (χ2n) is 3.36. The SMILES string of the molecule is CB=CS(=O)(=O)c1ccc2ccccc2n1. The third-order valence-electron chi connectivity index (χ3n) is 2.18. The van der Waals surface area contributed by atoms with Gasteiger partial charge in [0.05, 0.1) is 0 Å². The molecule has 0 atom stereocenters. The van der Waals surface area contributed by atoms with Crippen LogP contribution in [0.1, 0.15) is 0 Å². The molecular weight excluding hydrogens is 221 g/mol. The molecule has 1 heterocycles. The predicted molar refractivity (Wildman–Crippen MR) is 66.6 cm³/mol. The number of fused-ring (bicyclic) bond motifs is 1. The first kappa shape index (κ1) is 11.0. The molecule has 0 saturated heterocycles. The number of benzene rings is 1. The molecule has 2 rings (SSSR count). The van der Waals surface area contributed by atoms with Gasteiger partial charge in [0.25, 0.3) is 0 Å². The first-order valence-corrected chi connectivity index (χ1v) is 6.42. The molecular formula is C11H10BNO2S. The fourth-order valence-corrected chi connectivity index (χ4v) is 2.44. The van der Waals surface area contributed by atoms with E-state index in [4.69, 9.17) is 0 Å². The van der Waals surface area contributed by atoms with E-state index < -0.39 is 9.84 Å². The summed E-state index contributed by atoms with van der Waals surface area (Å²) in [5.41, 5.74) is 0.688. The number of pyridine rings is 1. The van der Waals surface area contributed by atoms with Crippen LogP contribution in [0.2, 0.25) is 6.82 Å². The molecule has 0 amide bonds. The van der Waals surface area contributed by atoms with Crippen molar-refractivity contribution in [2.75, 3.05) is 0 Å². The summed E-state index contributed by atoms with van der Waals surface area (Å²) in [7, 11) is -3.39. The van der Waals surface area contributed by atoms with Crippen LogP contribution in [0.5, 0.6) is 0 Å². The van der Waals surface area contributed by atoms with Crippen LogP contribution in [0, 0.1) is 0 Å². The molecule has 1 aromatic heterocycles. The van der Waals surface area contributed by atoms with Crippen molar-refractivity contribution in [2.45, 2.75) is 11.8 Å². The molecule has 0 aliphatic heterocycles. The van der Waals surface area contributed by atoms with Crippen molar-refractivity contribution >= 4 is 33.0 Å². The number of hydrogen-bond acceptors (Lipinski definition) is 3. The van der Waals surface area contributed by atoms with Crippen LogP contribution in [-0.4, -0.2) is 25.6 Å². The van der Waals surface area contributed by atoms with Crippen LogP contribution in [0.4, 0.5) is 0 Å². The van der Waals surface area contributed by atoms with Crippen LogP contribution in [0.25, 0.3) is 10.9 Å². The molecule has 1 aromatic carbocycles. The number of rotatable bonds is 2. The van der Waals surface area contributed by atoms with Crippen molar-refractivity contribution in [2.24, 2.45) is 0 Å². The second kappa shape index (κ2) is 4.18. The molecule has 2 aromatic rings. The maximum atomic E-state index is 11.7. The average Bonchev–Trinajstić information content (AvgIpc) is 2.28. The zero-order chi connectivity index (χ0) is 11.6. The van der Waals surface area contributed by atoms with Crippen molar-refractivity contribution in [1.82, 2.24) is 4.98 Å². The van der Waals surface area contributed by atoms with Gasteiger partial charge >= 0.3 is 94.6 Å². The Morgan fingerprint density at radius 1 is 1.19 bits per heavy atom. The van der Waals surface area contributed by atoms with Crippen LogP contribution in [-0.2, 0) is 9.84 Å². The van der Waals surface area contributed by atoms with Gasteiger partial charge in [-0.3, -0.25) is 0 Å². The molecule has 0 saturated carbocycles. The summed E-state index contributed by atoms with van der Waals surface area (Å²) >= 11 is 0. The van der Waals surface area contributed by atoms with Gasteiger partial charge in [-0.15, -0.1) is 0 Å². The zero-order valence-corrected chi connectivity index (χ0v) is 9.61. The number of hydrogen-bond donors (Lipinski definition) is 0. The summed E-state index contributed by atoms with van der Waals surface area (Å²) in [6, 6.07) is 10.7. The number of nitrogens with zero attached hydrogens (tertiary/aromatic N) is 1. The summed E-state index contributed by atoms with van der Waals surface area (Å²) < 4.78 is 23.5. The standard InChI is InChI=1S/C11H10BNO2S/c1-12-8-16(14,15)11-7-6-9-4-2-3-5-10(9)13-11/h2-8H,1H3. The van der Waals surface area contributed by atoms with E-state index in [0.29, 0.717) is 5.52 Å². The molecule has 0 radical (unpaired) electrons. The molecule has 3 nitrogen and oxygen atoms in total. The van der Waals surface area contributed by atoms with Gasteiger partial charge in [-0.1, -0.05) is 0 Å². The van der Waals surface area contributed by atoms with E-state index in [1.165, 1.54) is 13.0 Å². The third kappa shape index (κ3) is 2.04. The Bertz CT molecular complexity index is 650. The molecule has 0 spiro atoms. The van der Waals surface area contributed by atoms with Gasteiger partial charge in [-0.25, -0.2) is 0 Å². The van der Waals surface area contributed by atoms with Crippen molar-refractivity contribution in [3.63, 3.8) is 0 Å². The molecule has 80 valence electrons. The fraction of sp³-hybridized carbons (Fsp3) is 0.0909. The van der Waals surface area contributed by atoms with Crippen LogP contribution in [0.15, 0.2) is 41.4 Å². The van der Waals surface area contributed by atoms with Gasteiger partial charge in [-0.05, 0) is 0 Å². The van der Waals surface area contributed by atoms with Crippen molar-refractivity contribution < 1.29 is 8.42 Å². The van der Waals surface area contributed by atoms with Gasteiger partial charge in [-0.2, -0.15) is 0 Å². The van der Waals surface area contributed by atoms with Crippen LogP contribution in [0.3, 0.4) is 0 Å². The summed E-state index contributed by atoms with van der Waals surface area (Å²) in [4.78, 5) is 4.13. The topological polar surface area (TPSA) is 47.0 Å². The fourth-order valence-electron chi connectivity index (χ4n) is 1.45. The first-order chi connectivity index (χ1) is 7.63. The molecule has 0 fully saturated rings. The molecule has 0 unspecified atom stereocenters. The Morgan fingerprint density at radius 2 is 1.94 bits per heavy atom. The van der Waals surface area contributed by atoms with Gasteiger partial charge in [0.2, 0.25) is 0 Å². The van der Waals surface area contributed by atoms with E-state index in [-0.39, 0.29) is 5.03 Å². The number of sulfone groups is 1. The van der Waals surface area contributed by atoms with Crippen LogP contribution < -0.4 is 0 Å². The van der Waals surface area contributed by atoms with Gasteiger partial charge in [0, 0.05) is 0 Å². The van der Waals surface area contributed by atoms with Crippen LogP contribution >= 0.6 is 0 Å². The molecule has 0 aliphatic rings. The molecule has 0 N–H and O–H groups in total. The van der Waals surface area contributed by atoms with Gasteiger partial charge in [0.1, 0.15) is 0 Å². The zero-order valence-electron chi connectivity index (χ0n) is 8.79. The van der Waals surface area contributed by atoms with E-state index in [1.807, 2.05) is 18.2 Å². The minimum absolute atomic E-state index is 0.0873. The number of para-hydroxylation sites is 1. The van der Waals surface area contributed by atoms with E-state index in [9.17, 15) is 8.42 Å². The predicted octanol–water partition coefficient (Wildman–Crippen LogP) is 1.52. The second-order valence-corrected chi connectivity index (χ2v) is 5.14. The quantitative estimate of drug-likeness (QED) is 0.736. The van der Waals surface area contributed by atoms with Gasteiger partial charge < -0.3 is 0 Å². The third-order valence-corrected chi connectivity index (χ3v) is 3.62. The Hall–Kier alpha value is -1.49. The molecule has 0 bridgehead atoms. The Kier molecular flexibility index (Phi) is 2.87. The Balaban J connectivity index is 2.64. The Labute approximate surface area is 95.0 Å². The summed E-state index contributed by atoms with van der Waals surface area (Å²) in [5.74, 6) is 0. The average molecular weight is 231 g/mol. The minimum atomic E-state index is -3.39. The number of aromatic nitrogens is 1. The van der Waals surface area contributed by atoms with E-state index in [2.05, 4.69) is 4.98 Å². The Morgan fingerprint density at radius 3 is 2.69 bits per heavy atom. The molecule has 16 heavy (non-hydrogen) atoms. The summed E-state index contributed by atoms with van der Waals surface area (Å²) in [6.45, 7) is 3.16. The molecule has 5 heteroatoms. The normalized spacial score (nSPS) is 11.8. The van der Waals surface area contributed by atoms with E-state index in [0.717, 1.165) is 10.7 Å². The van der Waals surface area contributed by atoms with E-state index >= 15 is 0 Å². The van der Waals surface area contributed by atoms with Gasteiger partial charge in [0.15, 0.2) is 0 Å². The maximum absolute atomic E-state index is 11.7. The summed E-state index contributed by atoms with van der Waals surface area (Å²) in [6.07, 6.45) is 0. The monoisotopic (exact) mass is 231 g/mol. The van der Waals surface area contributed by atoms with Crippen molar-refractivity contribution in [1.29, 1.82) is 0 Å². The first-order valence-electron chi connectivity index (χ1n) is 4.87. The molecule has 0 aliphatic carbocycles. The summed E-state index contributed by atoms with van der Waals surface area (Å²) in [5, 5.41) is 2.18. The van der Waals surface area contributed by atoms with E-state index in [1.54, 1.807) is 19.0 Å². The van der Waals surface area contributed by atoms with Crippen molar-refractivity contribution in [3.8, 4) is 0 Å².